The van der Waals surface area contributed by atoms with Crippen LogP contribution < -0.4 is 5.32 Å². The number of nitrogens with zero attached hydrogens (tertiary/aromatic N) is 1. The van der Waals surface area contributed by atoms with Crippen molar-refractivity contribution < 1.29 is 14.3 Å². The fraction of sp³-hybridized carbons (Fsp3) is 0.700. The minimum absolute atomic E-state index is 0.0872. The van der Waals surface area contributed by atoms with E-state index < -0.39 is 0 Å². The molecule has 2 amide bonds. The number of amides is 2. The molecule has 5 nitrogen and oxygen atoms in total. The average molecular weight is 377 g/mol. The molecule has 1 aromatic rings. The highest BCUT2D eigenvalue weighted by Crippen LogP contribution is 2.44. The Morgan fingerprint density at radius 1 is 1.38 bits per heavy atom. The van der Waals surface area contributed by atoms with Crippen LogP contribution in [-0.4, -0.2) is 42.5 Å². The topological polar surface area (TPSA) is 58.6 Å². The van der Waals surface area contributed by atoms with Gasteiger partial charge in [0, 0.05) is 24.9 Å². The lowest BCUT2D eigenvalue weighted by atomic mass is 9.80. The molecule has 3 aliphatic rings. The molecular formula is C20H28N2O3S. The van der Waals surface area contributed by atoms with Gasteiger partial charge in [-0.15, -0.1) is 11.3 Å². The molecule has 1 N–H and O–H groups in total. The number of rotatable bonds is 4. The van der Waals surface area contributed by atoms with Crippen LogP contribution in [0.25, 0.3) is 0 Å². The van der Waals surface area contributed by atoms with Gasteiger partial charge >= 0.3 is 0 Å². The smallest absolute Gasteiger partial charge is 0.245 e. The molecule has 1 saturated heterocycles. The van der Waals surface area contributed by atoms with E-state index in [4.69, 9.17) is 4.74 Å². The van der Waals surface area contributed by atoms with Crippen molar-refractivity contribution in [2.45, 2.75) is 63.5 Å². The molecule has 3 heterocycles. The highest BCUT2D eigenvalue weighted by atomic mass is 32.1. The maximum absolute atomic E-state index is 13.0. The first-order chi connectivity index (χ1) is 12.6. The van der Waals surface area contributed by atoms with E-state index in [0.29, 0.717) is 19.0 Å². The number of nitrogens with one attached hydrogen (secondary N) is 1. The second-order valence-electron chi connectivity index (χ2n) is 7.98. The monoisotopic (exact) mass is 376 g/mol. The van der Waals surface area contributed by atoms with Crippen LogP contribution in [-0.2, 0) is 26.3 Å². The summed E-state index contributed by atoms with van der Waals surface area (Å²) in [6, 6.07) is 1.85. The van der Waals surface area contributed by atoms with Gasteiger partial charge in [-0.25, -0.2) is 0 Å². The highest BCUT2D eigenvalue weighted by Gasteiger charge is 2.43. The number of thiophene rings is 1. The predicted octanol–water partition coefficient (Wildman–Crippen LogP) is 2.83. The molecule has 0 aromatic carbocycles. The Morgan fingerprint density at radius 3 is 2.81 bits per heavy atom. The first kappa shape index (κ1) is 18.0. The van der Waals surface area contributed by atoms with E-state index in [0.717, 1.165) is 32.3 Å². The minimum atomic E-state index is -0.364. The molecule has 6 heteroatoms. The van der Waals surface area contributed by atoms with E-state index in [1.54, 1.807) is 11.3 Å². The number of carbonyl (C=O) groups is 2. The summed E-state index contributed by atoms with van der Waals surface area (Å²) >= 11 is 1.79. The molecule has 1 saturated carbocycles. The van der Waals surface area contributed by atoms with Crippen molar-refractivity contribution in [1.29, 1.82) is 0 Å². The van der Waals surface area contributed by atoms with Crippen LogP contribution in [0.2, 0.25) is 0 Å². The molecule has 2 fully saturated rings. The van der Waals surface area contributed by atoms with Gasteiger partial charge < -0.3 is 15.0 Å². The number of fused-ring (bicyclic) bond motifs is 2. The van der Waals surface area contributed by atoms with Gasteiger partial charge in [0.2, 0.25) is 11.8 Å². The molecule has 1 aliphatic carbocycles. The summed E-state index contributed by atoms with van der Waals surface area (Å²) in [5.74, 6) is 0.557. The van der Waals surface area contributed by atoms with Crippen LogP contribution in [0, 0.1) is 5.92 Å². The highest BCUT2D eigenvalue weighted by molar-refractivity contribution is 7.10. The van der Waals surface area contributed by atoms with Crippen LogP contribution >= 0.6 is 11.3 Å². The fourth-order valence-corrected chi connectivity index (χ4v) is 5.73. The third-order valence-electron chi connectivity index (χ3n) is 6.26. The Labute approximate surface area is 159 Å². The van der Waals surface area contributed by atoms with E-state index in [2.05, 4.69) is 16.8 Å². The minimum Gasteiger partial charge on any atom is -0.369 e. The van der Waals surface area contributed by atoms with Crippen LogP contribution in [0.5, 0.6) is 0 Å². The number of likely N-dealkylation sites (tertiary alicyclic amines) is 1. The average Bonchev–Trinajstić information content (AvgIpc) is 3.07. The Kier molecular flexibility index (Phi) is 5.06. The molecule has 1 aromatic heterocycles. The number of ether oxygens (including phenoxy) is 1. The Hall–Kier alpha value is -1.40. The van der Waals surface area contributed by atoms with Gasteiger partial charge in [-0.2, -0.15) is 0 Å². The summed E-state index contributed by atoms with van der Waals surface area (Å²) in [4.78, 5) is 27.9. The summed E-state index contributed by atoms with van der Waals surface area (Å²) in [6.45, 7) is 3.68. The van der Waals surface area contributed by atoms with Gasteiger partial charge in [0.1, 0.15) is 11.6 Å². The van der Waals surface area contributed by atoms with Crippen LogP contribution in [0.4, 0.5) is 0 Å². The summed E-state index contributed by atoms with van der Waals surface area (Å²) in [7, 11) is 0. The molecule has 26 heavy (non-hydrogen) atoms. The number of carbonyl (C=O) groups excluding carboxylic acids is 2. The number of piperidine rings is 1. The van der Waals surface area contributed by atoms with Crippen LogP contribution in [0.15, 0.2) is 11.4 Å². The summed E-state index contributed by atoms with van der Waals surface area (Å²) in [5.41, 5.74) is 1.22. The molecule has 0 unspecified atom stereocenters. The zero-order chi connectivity index (χ0) is 18.1. The normalized spacial score (nSPS) is 23.2. The van der Waals surface area contributed by atoms with Gasteiger partial charge in [-0.1, -0.05) is 19.3 Å². The maximum atomic E-state index is 13.0. The van der Waals surface area contributed by atoms with E-state index in [1.807, 2.05) is 4.90 Å². The zero-order valence-corrected chi connectivity index (χ0v) is 16.3. The standard InChI is InChI=1S/C20H28N2O3S/c1-14(23)21-17(13-15-3-2-4-15)19(24)22-9-7-20(8-10-22)18-16(5-11-25-20)6-12-26-18/h6,12,15,17H,2-5,7-11,13H2,1H3,(H,21,23)/t17-/m1/s1. The van der Waals surface area contributed by atoms with Crippen LogP contribution in [0.3, 0.4) is 0 Å². The van der Waals surface area contributed by atoms with E-state index in [-0.39, 0.29) is 23.5 Å². The number of hydrogen-bond acceptors (Lipinski definition) is 4. The molecule has 2 aliphatic heterocycles. The van der Waals surface area contributed by atoms with Crippen molar-refractivity contribution in [1.82, 2.24) is 10.2 Å². The third-order valence-corrected chi connectivity index (χ3v) is 7.40. The summed E-state index contributed by atoms with van der Waals surface area (Å²) in [5, 5.41) is 5.06. The largest absolute Gasteiger partial charge is 0.369 e. The molecular weight excluding hydrogens is 348 g/mol. The van der Waals surface area contributed by atoms with Crippen molar-refractivity contribution in [2.24, 2.45) is 5.92 Å². The van der Waals surface area contributed by atoms with Crippen molar-refractivity contribution in [3.05, 3.63) is 21.9 Å². The van der Waals surface area contributed by atoms with E-state index in [1.165, 1.54) is 36.6 Å². The summed E-state index contributed by atoms with van der Waals surface area (Å²) in [6.07, 6.45) is 7.09. The second-order valence-corrected chi connectivity index (χ2v) is 8.89. The Balaban J connectivity index is 1.42. The quantitative estimate of drug-likeness (QED) is 0.879. The first-order valence-corrected chi connectivity index (χ1v) is 10.7. The molecule has 142 valence electrons. The van der Waals surface area contributed by atoms with Crippen molar-refractivity contribution in [2.75, 3.05) is 19.7 Å². The summed E-state index contributed by atoms with van der Waals surface area (Å²) < 4.78 is 6.24. The third kappa shape index (κ3) is 3.41. The van der Waals surface area contributed by atoms with Gasteiger partial charge in [0.05, 0.1) is 6.61 Å². The van der Waals surface area contributed by atoms with Crippen molar-refractivity contribution >= 4 is 23.2 Å². The Morgan fingerprint density at radius 2 is 2.15 bits per heavy atom. The lowest BCUT2D eigenvalue weighted by molar-refractivity contribution is -0.144. The fourth-order valence-electron chi connectivity index (χ4n) is 4.56. The lowest BCUT2D eigenvalue weighted by Crippen LogP contribution is -2.54. The van der Waals surface area contributed by atoms with Crippen LogP contribution in [0.1, 0.15) is 55.9 Å². The van der Waals surface area contributed by atoms with Crippen molar-refractivity contribution in [3.63, 3.8) is 0 Å². The molecule has 0 bridgehead atoms. The SMILES string of the molecule is CC(=O)N[C@H](CC1CCC1)C(=O)N1CCC2(CC1)OCCc1ccsc12. The number of hydrogen-bond donors (Lipinski definition) is 1. The van der Waals surface area contributed by atoms with Gasteiger partial charge in [0.15, 0.2) is 0 Å². The van der Waals surface area contributed by atoms with E-state index in [9.17, 15) is 9.59 Å². The van der Waals surface area contributed by atoms with E-state index >= 15 is 0 Å². The maximum Gasteiger partial charge on any atom is 0.245 e. The zero-order valence-electron chi connectivity index (χ0n) is 15.5. The molecule has 1 atom stereocenters. The lowest BCUT2D eigenvalue weighted by Gasteiger charge is -2.44. The Bertz CT molecular complexity index is 674. The van der Waals surface area contributed by atoms with Crippen molar-refractivity contribution in [3.8, 4) is 0 Å². The predicted molar refractivity (Wildman–Crippen MR) is 101 cm³/mol. The van der Waals surface area contributed by atoms with Gasteiger partial charge in [-0.05, 0) is 48.6 Å². The first-order valence-electron chi connectivity index (χ1n) is 9.84. The van der Waals surface area contributed by atoms with Gasteiger partial charge in [0.25, 0.3) is 0 Å². The molecule has 1 spiro atoms. The second kappa shape index (κ2) is 7.31. The molecule has 0 radical (unpaired) electrons. The molecule has 4 rings (SSSR count). The van der Waals surface area contributed by atoms with Gasteiger partial charge in [-0.3, -0.25) is 9.59 Å².